The molecule has 2 atom stereocenters. The second-order valence-corrected chi connectivity index (χ2v) is 4.26. The van der Waals surface area contributed by atoms with E-state index in [0.29, 0.717) is 5.92 Å². The molecule has 1 fully saturated rings. The topological polar surface area (TPSA) is 20.2 Å². The average Bonchev–Trinajstić information content (AvgIpc) is 2.55. The molecular weight excluding hydrogens is 148 g/mol. The van der Waals surface area contributed by atoms with Gasteiger partial charge in [0.1, 0.15) is 0 Å². The van der Waals surface area contributed by atoms with Crippen LogP contribution < -0.4 is 0 Å². The highest BCUT2D eigenvalue weighted by molar-refractivity contribution is 4.77. The van der Waals surface area contributed by atoms with Gasteiger partial charge in [-0.05, 0) is 18.3 Å². The summed E-state index contributed by atoms with van der Waals surface area (Å²) in [6, 6.07) is 0. The van der Waals surface area contributed by atoms with E-state index in [0.717, 1.165) is 18.8 Å². The Balaban J connectivity index is 2.29. The molecule has 0 saturated heterocycles. The van der Waals surface area contributed by atoms with E-state index in [2.05, 4.69) is 13.8 Å². The van der Waals surface area contributed by atoms with Crippen LogP contribution in [-0.4, -0.2) is 11.2 Å². The van der Waals surface area contributed by atoms with E-state index < -0.39 is 0 Å². The van der Waals surface area contributed by atoms with Crippen LogP contribution in [0.3, 0.4) is 0 Å². The van der Waals surface area contributed by atoms with Crippen LogP contribution in [0.15, 0.2) is 0 Å². The lowest BCUT2D eigenvalue weighted by Gasteiger charge is -2.24. The molecule has 1 aliphatic carbocycles. The fourth-order valence-corrected chi connectivity index (χ4v) is 2.36. The minimum Gasteiger partial charge on any atom is -0.393 e. The van der Waals surface area contributed by atoms with Gasteiger partial charge in [0, 0.05) is 0 Å². The largest absolute Gasteiger partial charge is 0.393 e. The van der Waals surface area contributed by atoms with Crippen LogP contribution in [0.25, 0.3) is 0 Å². The van der Waals surface area contributed by atoms with E-state index in [1.807, 2.05) is 0 Å². The lowest BCUT2D eigenvalue weighted by atomic mass is 9.86. The van der Waals surface area contributed by atoms with Crippen LogP contribution >= 0.6 is 0 Å². The maximum atomic E-state index is 9.78. The van der Waals surface area contributed by atoms with Gasteiger partial charge in [-0.2, -0.15) is 0 Å². The van der Waals surface area contributed by atoms with Crippen molar-refractivity contribution in [1.29, 1.82) is 0 Å². The van der Waals surface area contributed by atoms with Crippen LogP contribution in [0, 0.1) is 11.8 Å². The number of aliphatic hydroxyl groups excluding tert-OH is 1. The molecule has 0 aliphatic heterocycles. The SMILES string of the molecule is CCCC(O)C(C)C1CCCC1. The summed E-state index contributed by atoms with van der Waals surface area (Å²) in [4.78, 5) is 0. The first-order valence-electron chi connectivity index (χ1n) is 5.43. The Morgan fingerprint density at radius 1 is 1.33 bits per heavy atom. The second kappa shape index (κ2) is 4.86. The number of aliphatic hydroxyl groups is 1. The third kappa shape index (κ3) is 2.48. The molecule has 1 heteroatoms. The fourth-order valence-electron chi connectivity index (χ4n) is 2.36. The molecule has 1 nitrogen and oxygen atoms in total. The van der Waals surface area contributed by atoms with E-state index in [9.17, 15) is 5.11 Å². The Labute approximate surface area is 76.2 Å². The summed E-state index contributed by atoms with van der Waals surface area (Å²) in [7, 11) is 0. The summed E-state index contributed by atoms with van der Waals surface area (Å²) < 4.78 is 0. The maximum Gasteiger partial charge on any atom is 0.0568 e. The molecule has 1 aliphatic rings. The lowest BCUT2D eigenvalue weighted by molar-refractivity contribution is 0.0756. The van der Waals surface area contributed by atoms with Gasteiger partial charge in [-0.15, -0.1) is 0 Å². The summed E-state index contributed by atoms with van der Waals surface area (Å²) in [6.45, 7) is 4.36. The van der Waals surface area contributed by atoms with E-state index in [4.69, 9.17) is 0 Å². The average molecular weight is 170 g/mol. The highest BCUT2D eigenvalue weighted by Gasteiger charge is 2.25. The van der Waals surface area contributed by atoms with Gasteiger partial charge in [-0.1, -0.05) is 46.0 Å². The molecule has 0 heterocycles. The van der Waals surface area contributed by atoms with Gasteiger partial charge >= 0.3 is 0 Å². The van der Waals surface area contributed by atoms with Gasteiger partial charge in [-0.3, -0.25) is 0 Å². The van der Waals surface area contributed by atoms with Gasteiger partial charge in [0.25, 0.3) is 0 Å². The van der Waals surface area contributed by atoms with Crippen molar-refractivity contribution in [2.45, 2.75) is 58.5 Å². The Kier molecular flexibility index (Phi) is 4.07. The van der Waals surface area contributed by atoms with Crippen molar-refractivity contribution in [1.82, 2.24) is 0 Å². The third-order valence-electron chi connectivity index (χ3n) is 3.33. The lowest BCUT2D eigenvalue weighted by Crippen LogP contribution is -2.23. The first-order chi connectivity index (χ1) is 5.75. The third-order valence-corrected chi connectivity index (χ3v) is 3.33. The predicted octanol–water partition coefficient (Wildman–Crippen LogP) is 2.97. The van der Waals surface area contributed by atoms with Gasteiger partial charge < -0.3 is 5.11 Å². The summed E-state index contributed by atoms with van der Waals surface area (Å²) >= 11 is 0. The Hall–Kier alpha value is -0.0400. The van der Waals surface area contributed by atoms with Gasteiger partial charge in [-0.25, -0.2) is 0 Å². The molecule has 12 heavy (non-hydrogen) atoms. The molecule has 0 spiro atoms. The number of rotatable bonds is 4. The van der Waals surface area contributed by atoms with Crippen molar-refractivity contribution < 1.29 is 5.11 Å². The first kappa shape index (κ1) is 10.0. The van der Waals surface area contributed by atoms with Crippen LogP contribution in [0.1, 0.15) is 52.4 Å². The molecule has 0 aromatic carbocycles. The predicted molar refractivity (Wildman–Crippen MR) is 52.0 cm³/mol. The summed E-state index contributed by atoms with van der Waals surface area (Å²) in [6.07, 6.45) is 7.51. The van der Waals surface area contributed by atoms with Crippen LogP contribution in [0.5, 0.6) is 0 Å². The van der Waals surface area contributed by atoms with Crippen molar-refractivity contribution in [2.75, 3.05) is 0 Å². The van der Waals surface area contributed by atoms with E-state index in [1.54, 1.807) is 0 Å². The van der Waals surface area contributed by atoms with E-state index in [-0.39, 0.29) is 6.10 Å². The molecular formula is C11H22O. The monoisotopic (exact) mass is 170 g/mol. The van der Waals surface area contributed by atoms with Crippen LogP contribution in [-0.2, 0) is 0 Å². The van der Waals surface area contributed by atoms with Gasteiger partial charge in [0.2, 0.25) is 0 Å². The minimum atomic E-state index is -0.0434. The molecule has 1 rings (SSSR count). The van der Waals surface area contributed by atoms with Crippen molar-refractivity contribution in [3.63, 3.8) is 0 Å². The summed E-state index contributed by atoms with van der Waals surface area (Å²) in [5, 5.41) is 9.78. The summed E-state index contributed by atoms with van der Waals surface area (Å²) in [5.74, 6) is 1.35. The molecule has 1 saturated carbocycles. The number of hydrogen-bond donors (Lipinski definition) is 1. The molecule has 0 bridgehead atoms. The molecule has 2 unspecified atom stereocenters. The van der Waals surface area contributed by atoms with Crippen molar-refractivity contribution >= 4 is 0 Å². The number of hydrogen-bond acceptors (Lipinski definition) is 1. The standard InChI is InChI=1S/C11H22O/c1-3-6-11(12)9(2)10-7-4-5-8-10/h9-12H,3-8H2,1-2H3. The first-order valence-corrected chi connectivity index (χ1v) is 5.43. The molecule has 72 valence electrons. The molecule has 0 amide bonds. The van der Waals surface area contributed by atoms with Crippen molar-refractivity contribution in [2.24, 2.45) is 11.8 Å². The van der Waals surface area contributed by atoms with Crippen molar-refractivity contribution in [3.05, 3.63) is 0 Å². The Morgan fingerprint density at radius 3 is 2.42 bits per heavy atom. The van der Waals surface area contributed by atoms with Gasteiger partial charge in [0.15, 0.2) is 0 Å². The fraction of sp³-hybridized carbons (Fsp3) is 1.00. The van der Waals surface area contributed by atoms with E-state index in [1.165, 1.54) is 25.7 Å². The molecule has 0 aromatic heterocycles. The Morgan fingerprint density at radius 2 is 1.92 bits per heavy atom. The molecule has 0 radical (unpaired) electrons. The van der Waals surface area contributed by atoms with E-state index >= 15 is 0 Å². The van der Waals surface area contributed by atoms with Crippen LogP contribution in [0.4, 0.5) is 0 Å². The highest BCUT2D eigenvalue weighted by atomic mass is 16.3. The van der Waals surface area contributed by atoms with Gasteiger partial charge in [0.05, 0.1) is 6.10 Å². The van der Waals surface area contributed by atoms with Crippen LogP contribution in [0.2, 0.25) is 0 Å². The zero-order valence-corrected chi connectivity index (χ0v) is 8.42. The molecule has 0 aromatic rings. The minimum absolute atomic E-state index is 0.0434. The highest BCUT2D eigenvalue weighted by Crippen LogP contribution is 2.33. The maximum absolute atomic E-state index is 9.78. The zero-order valence-electron chi connectivity index (χ0n) is 8.42. The zero-order chi connectivity index (χ0) is 8.97. The molecule has 1 N–H and O–H groups in total. The summed E-state index contributed by atoms with van der Waals surface area (Å²) in [5.41, 5.74) is 0. The Bertz CT molecular complexity index is 116. The van der Waals surface area contributed by atoms with Crippen molar-refractivity contribution in [3.8, 4) is 0 Å². The normalized spacial score (nSPS) is 24.2. The smallest absolute Gasteiger partial charge is 0.0568 e. The quantitative estimate of drug-likeness (QED) is 0.687. The second-order valence-electron chi connectivity index (χ2n) is 4.26.